The summed E-state index contributed by atoms with van der Waals surface area (Å²) in [5, 5.41) is 19.2. The van der Waals surface area contributed by atoms with E-state index in [2.05, 4.69) is 0 Å². The molecule has 2 aromatic rings. The van der Waals surface area contributed by atoms with E-state index < -0.39 is 36.4 Å². The van der Waals surface area contributed by atoms with Gasteiger partial charge in [0.1, 0.15) is 0 Å². The Balaban J connectivity index is 2.92. The Kier molecular flexibility index (Phi) is 8.56. The average molecular weight is 518 g/mol. The van der Waals surface area contributed by atoms with Gasteiger partial charge in [-0.05, 0) is 24.3 Å². The maximum Gasteiger partial charge on any atom is 0.476 e. The topological polar surface area (TPSA) is 184 Å². The minimum absolute atomic E-state index is 0.281. The minimum Gasteiger partial charge on any atom is -0.309 e. The number of benzene rings is 2. The van der Waals surface area contributed by atoms with Crippen LogP contribution in [0.5, 0.6) is 0 Å². The van der Waals surface area contributed by atoms with E-state index in [9.17, 15) is 34.2 Å². The van der Waals surface area contributed by atoms with Gasteiger partial charge in [0, 0.05) is 63.8 Å². The molecular formula is C18H20N2O12P2. The molecule has 34 heavy (non-hydrogen) atoms. The van der Waals surface area contributed by atoms with Gasteiger partial charge in [-0.15, -0.1) is 0 Å². The van der Waals surface area contributed by atoms with Crippen LogP contribution in [-0.4, -0.2) is 44.1 Å². The van der Waals surface area contributed by atoms with E-state index in [1.807, 2.05) is 0 Å². The Hall–Kier alpha value is -2.83. The van der Waals surface area contributed by atoms with Crippen molar-refractivity contribution >= 4 is 32.6 Å². The van der Waals surface area contributed by atoms with Gasteiger partial charge in [0.05, 0.1) is 9.85 Å². The van der Waals surface area contributed by atoms with Gasteiger partial charge in [-0.3, -0.25) is 43.2 Å². The second-order valence-electron chi connectivity index (χ2n) is 6.35. The number of nitrogens with zero attached hydrogens (tertiary/aromatic N) is 2. The van der Waals surface area contributed by atoms with Crippen molar-refractivity contribution in [3.05, 3.63) is 79.9 Å². The first-order chi connectivity index (χ1) is 15.9. The number of rotatable bonds is 12. The van der Waals surface area contributed by atoms with E-state index in [0.717, 1.165) is 77.0 Å². The molecule has 2 rings (SSSR count). The maximum absolute atomic E-state index is 13.8. The molecule has 16 heteroatoms. The number of phosphoric ester groups is 1. The zero-order valence-corrected chi connectivity index (χ0v) is 20.1. The summed E-state index contributed by atoms with van der Waals surface area (Å²) < 4.78 is 52.0. The van der Waals surface area contributed by atoms with Gasteiger partial charge in [-0.25, -0.2) is 4.57 Å². The number of carbonyl (C=O) groups is 1. The molecule has 0 saturated carbocycles. The zero-order valence-electron chi connectivity index (χ0n) is 18.3. The van der Waals surface area contributed by atoms with Crippen molar-refractivity contribution in [1.82, 2.24) is 0 Å². The van der Waals surface area contributed by atoms with E-state index in [1.165, 1.54) is 0 Å². The van der Waals surface area contributed by atoms with Crippen molar-refractivity contribution in [3.8, 4) is 0 Å². The molecule has 14 nitrogen and oxygen atoms in total. The van der Waals surface area contributed by atoms with Crippen LogP contribution >= 0.6 is 15.4 Å². The van der Waals surface area contributed by atoms with Crippen molar-refractivity contribution in [2.24, 2.45) is 0 Å². The van der Waals surface area contributed by atoms with Crippen molar-refractivity contribution in [2.45, 2.75) is 5.34 Å². The predicted octanol–water partition coefficient (Wildman–Crippen LogP) is 4.44. The lowest BCUT2D eigenvalue weighted by molar-refractivity contribution is -0.385. The Labute approximate surface area is 193 Å². The van der Waals surface area contributed by atoms with Gasteiger partial charge < -0.3 is 9.05 Å². The molecule has 0 N–H and O–H groups in total. The van der Waals surface area contributed by atoms with Gasteiger partial charge in [0.15, 0.2) is 0 Å². The fourth-order valence-electron chi connectivity index (χ4n) is 2.94. The molecule has 1 unspecified atom stereocenters. The third-order valence-corrected chi connectivity index (χ3v) is 8.50. The molecule has 0 spiro atoms. The van der Waals surface area contributed by atoms with E-state index in [0.29, 0.717) is 0 Å². The third kappa shape index (κ3) is 4.98. The minimum atomic E-state index is -4.77. The summed E-state index contributed by atoms with van der Waals surface area (Å²) in [6, 6.07) is 8.13. The van der Waals surface area contributed by atoms with Crippen LogP contribution < -0.4 is 0 Å². The van der Waals surface area contributed by atoms with E-state index in [-0.39, 0.29) is 22.5 Å². The average Bonchev–Trinajstić information content (AvgIpc) is 2.86. The smallest absolute Gasteiger partial charge is 0.309 e. The van der Waals surface area contributed by atoms with E-state index in [1.54, 1.807) is 0 Å². The van der Waals surface area contributed by atoms with Crippen LogP contribution in [-0.2, 0) is 37.1 Å². The first-order valence-electron chi connectivity index (χ1n) is 9.11. The van der Waals surface area contributed by atoms with Crippen LogP contribution in [0.15, 0.2) is 48.5 Å². The maximum atomic E-state index is 13.8. The summed E-state index contributed by atoms with van der Waals surface area (Å²) in [6.07, 6.45) is 0. The van der Waals surface area contributed by atoms with Crippen LogP contribution in [0.25, 0.3) is 0 Å². The highest BCUT2D eigenvalue weighted by atomic mass is 31.2. The fraction of sp³-hybridized carbons (Fsp3) is 0.278. The Morgan fingerprint density at radius 3 is 1.53 bits per heavy atom. The number of nitro groups is 2. The third-order valence-electron chi connectivity index (χ3n) is 4.68. The lowest BCUT2D eigenvalue weighted by atomic mass is 9.98. The van der Waals surface area contributed by atoms with Crippen LogP contribution in [0.3, 0.4) is 0 Å². The number of carbonyl (C=O) groups excluding carboxylic acids is 1. The molecule has 1 atom stereocenters. The fourth-order valence-corrected chi connectivity index (χ4v) is 5.96. The Morgan fingerprint density at radius 1 is 0.765 bits per heavy atom. The summed E-state index contributed by atoms with van der Waals surface area (Å²) in [5.41, 5.74) is -1.33. The van der Waals surface area contributed by atoms with Crippen LogP contribution in [0.4, 0.5) is 11.4 Å². The SMILES string of the molecule is COP(=O)(OC)OC(C(=O)c1ccc([N+](=O)[O-])cc1)(c1ccc([N+](=O)[O-])cc1)P(=O)(OC)OC. The van der Waals surface area contributed by atoms with Gasteiger partial charge in [-0.1, -0.05) is 0 Å². The molecule has 0 amide bonds. The zero-order chi connectivity index (χ0) is 25.7. The standard InChI is InChI=1S/C18H20N2O12P2/c1-28-33(26,29-2)18(32-34(27,30-3)31-4,14-7-11-16(12-8-14)20(24)25)17(21)13-5-9-15(10-6-13)19(22)23/h5-12H,1-4H3. The predicted molar refractivity (Wildman–Crippen MR) is 117 cm³/mol. The van der Waals surface area contributed by atoms with Gasteiger partial charge >= 0.3 is 15.4 Å². The summed E-state index contributed by atoms with van der Waals surface area (Å²) in [7, 11) is -5.65. The van der Waals surface area contributed by atoms with Crippen LogP contribution in [0.2, 0.25) is 0 Å². The molecule has 2 aromatic carbocycles. The molecular weight excluding hydrogens is 498 g/mol. The number of non-ortho nitro benzene ring substituents is 2. The number of Topliss-reactive ketones (excluding diaryl/α,β-unsaturated/α-hetero) is 1. The molecule has 0 aliphatic carbocycles. The van der Waals surface area contributed by atoms with Crippen LogP contribution in [0.1, 0.15) is 15.9 Å². The highest BCUT2D eigenvalue weighted by molar-refractivity contribution is 7.57. The molecule has 0 saturated heterocycles. The van der Waals surface area contributed by atoms with Crippen molar-refractivity contribution in [1.29, 1.82) is 0 Å². The van der Waals surface area contributed by atoms with Gasteiger partial charge in [0.2, 0.25) is 5.78 Å². The van der Waals surface area contributed by atoms with E-state index >= 15 is 0 Å². The number of hydrogen-bond acceptors (Lipinski definition) is 12. The summed E-state index contributed by atoms with van der Waals surface area (Å²) >= 11 is 0. The normalized spacial score (nSPS) is 13.8. The van der Waals surface area contributed by atoms with Gasteiger partial charge in [-0.2, -0.15) is 0 Å². The summed E-state index contributed by atoms with van der Waals surface area (Å²) in [4.78, 5) is 34.5. The first-order valence-corrected chi connectivity index (χ1v) is 12.1. The molecule has 0 aromatic heterocycles. The number of phosphoric acid groups is 1. The van der Waals surface area contributed by atoms with Gasteiger partial charge in [0.25, 0.3) is 16.7 Å². The highest BCUT2D eigenvalue weighted by Crippen LogP contribution is 2.71. The molecule has 0 aliphatic heterocycles. The number of hydrogen-bond donors (Lipinski definition) is 0. The number of ketones is 1. The van der Waals surface area contributed by atoms with Crippen LogP contribution in [0, 0.1) is 20.2 Å². The quantitative estimate of drug-likeness (QED) is 0.167. The molecule has 0 fully saturated rings. The first kappa shape index (κ1) is 27.4. The molecule has 0 bridgehead atoms. The van der Waals surface area contributed by atoms with E-state index in [4.69, 9.17) is 22.6 Å². The lowest BCUT2D eigenvalue weighted by Crippen LogP contribution is -2.39. The molecule has 0 aliphatic rings. The summed E-state index contributed by atoms with van der Waals surface area (Å²) in [6.45, 7) is 0. The molecule has 0 heterocycles. The van der Waals surface area contributed by atoms with Crippen molar-refractivity contribution in [3.63, 3.8) is 0 Å². The Morgan fingerprint density at radius 2 is 1.18 bits per heavy atom. The second kappa shape index (κ2) is 10.6. The second-order valence-corrected chi connectivity index (χ2v) is 10.5. The lowest BCUT2D eigenvalue weighted by Gasteiger charge is -2.37. The monoisotopic (exact) mass is 518 g/mol. The Bertz CT molecular complexity index is 1150. The number of nitro benzene ring substituents is 2. The molecule has 184 valence electrons. The van der Waals surface area contributed by atoms with Crippen molar-refractivity contribution in [2.75, 3.05) is 28.4 Å². The van der Waals surface area contributed by atoms with Crippen molar-refractivity contribution < 1.29 is 46.4 Å². The highest BCUT2D eigenvalue weighted by Gasteiger charge is 2.63. The molecule has 0 radical (unpaired) electrons. The largest absolute Gasteiger partial charge is 0.476 e. The summed E-state index contributed by atoms with van der Waals surface area (Å²) in [5.74, 6) is -1.17.